The van der Waals surface area contributed by atoms with Gasteiger partial charge in [-0.2, -0.15) is 0 Å². The van der Waals surface area contributed by atoms with Gasteiger partial charge in [-0.05, 0) is 30.0 Å². The zero-order chi connectivity index (χ0) is 15.5. The van der Waals surface area contributed by atoms with Crippen LogP contribution in [0.1, 0.15) is 17.5 Å². The maximum Gasteiger partial charge on any atom is 0.213 e. The molecule has 1 aliphatic carbocycles. The number of pyridine rings is 1. The van der Waals surface area contributed by atoms with Gasteiger partial charge in [0.1, 0.15) is 6.10 Å². The number of fused-ring (bicyclic) bond motifs is 1. The van der Waals surface area contributed by atoms with Crippen LogP contribution in [0.25, 0.3) is 0 Å². The third-order valence-electron chi connectivity index (χ3n) is 4.70. The van der Waals surface area contributed by atoms with Crippen molar-refractivity contribution < 1.29 is 9.47 Å². The molecule has 4 nitrogen and oxygen atoms in total. The lowest BCUT2D eigenvalue weighted by Crippen LogP contribution is -2.53. The Morgan fingerprint density at radius 3 is 2.57 bits per heavy atom. The Morgan fingerprint density at radius 1 is 1.04 bits per heavy atom. The molecule has 1 aromatic heterocycles. The van der Waals surface area contributed by atoms with Gasteiger partial charge in [-0.1, -0.05) is 30.3 Å². The number of nitrogens with zero attached hydrogens (tertiary/aromatic N) is 1. The van der Waals surface area contributed by atoms with Crippen molar-refractivity contribution in [2.45, 2.75) is 37.5 Å². The summed E-state index contributed by atoms with van der Waals surface area (Å²) in [4.78, 5) is 4.28. The average molecular weight is 310 g/mol. The first-order valence-electron chi connectivity index (χ1n) is 8.37. The van der Waals surface area contributed by atoms with Crippen LogP contribution >= 0.6 is 0 Å². The van der Waals surface area contributed by atoms with E-state index in [1.165, 1.54) is 11.1 Å². The fraction of sp³-hybridized carbons (Fsp3) is 0.421. The number of aromatic nitrogens is 1. The lowest BCUT2D eigenvalue weighted by Gasteiger charge is -2.34. The summed E-state index contributed by atoms with van der Waals surface area (Å²) in [6.45, 7) is 1.45. The second-order valence-electron chi connectivity index (χ2n) is 6.33. The molecule has 1 fully saturated rings. The zero-order valence-corrected chi connectivity index (χ0v) is 13.2. The van der Waals surface area contributed by atoms with Gasteiger partial charge >= 0.3 is 0 Å². The molecule has 4 heteroatoms. The van der Waals surface area contributed by atoms with Crippen molar-refractivity contribution in [3.63, 3.8) is 0 Å². The van der Waals surface area contributed by atoms with Gasteiger partial charge in [-0.25, -0.2) is 4.98 Å². The zero-order valence-electron chi connectivity index (χ0n) is 13.2. The smallest absolute Gasteiger partial charge is 0.213 e. The summed E-state index contributed by atoms with van der Waals surface area (Å²) in [7, 11) is 0. The molecule has 1 saturated heterocycles. The van der Waals surface area contributed by atoms with Gasteiger partial charge in [-0.3, -0.25) is 0 Å². The second-order valence-corrected chi connectivity index (χ2v) is 6.33. The number of ether oxygens (including phenoxy) is 2. The Labute approximate surface area is 136 Å². The summed E-state index contributed by atoms with van der Waals surface area (Å²) in [5.74, 6) is 0.695. The summed E-state index contributed by atoms with van der Waals surface area (Å²) in [6, 6.07) is 15.2. The molecule has 0 amide bonds. The van der Waals surface area contributed by atoms with Crippen molar-refractivity contribution in [3.8, 4) is 5.88 Å². The van der Waals surface area contributed by atoms with E-state index in [0.717, 1.165) is 25.9 Å². The van der Waals surface area contributed by atoms with Gasteiger partial charge in [0, 0.05) is 24.7 Å². The van der Waals surface area contributed by atoms with Crippen LogP contribution in [0.2, 0.25) is 0 Å². The highest BCUT2D eigenvalue weighted by atomic mass is 16.5. The van der Waals surface area contributed by atoms with Gasteiger partial charge in [0.2, 0.25) is 5.88 Å². The molecular formula is C19H22N2O2. The summed E-state index contributed by atoms with van der Waals surface area (Å²) >= 11 is 0. The molecule has 0 bridgehead atoms. The van der Waals surface area contributed by atoms with E-state index in [4.69, 9.17) is 9.47 Å². The van der Waals surface area contributed by atoms with Crippen molar-refractivity contribution in [2.75, 3.05) is 13.2 Å². The number of hydrogen-bond acceptors (Lipinski definition) is 4. The Hall–Kier alpha value is -1.91. The first-order valence-corrected chi connectivity index (χ1v) is 8.37. The minimum Gasteiger partial charge on any atom is -0.472 e. The second kappa shape index (κ2) is 6.69. The van der Waals surface area contributed by atoms with Crippen LogP contribution in [0.15, 0.2) is 48.7 Å². The van der Waals surface area contributed by atoms with Gasteiger partial charge in [0.15, 0.2) is 0 Å². The quantitative estimate of drug-likeness (QED) is 0.941. The fourth-order valence-electron chi connectivity index (χ4n) is 3.57. The summed E-state index contributed by atoms with van der Waals surface area (Å²) < 4.78 is 11.8. The van der Waals surface area contributed by atoms with Crippen molar-refractivity contribution in [2.24, 2.45) is 0 Å². The summed E-state index contributed by atoms with van der Waals surface area (Å²) in [5.41, 5.74) is 2.92. The average Bonchev–Trinajstić information content (AvgIpc) is 3.00. The highest BCUT2D eigenvalue weighted by molar-refractivity contribution is 5.33. The van der Waals surface area contributed by atoms with E-state index in [0.29, 0.717) is 18.5 Å². The molecule has 4 rings (SSSR count). The molecule has 2 heterocycles. The number of rotatable bonds is 4. The molecule has 0 saturated carbocycles. The van der Waals surface area contributed by atoms with E-state index >= 15 is 0 Å². The van der Waals surface area contributed by atoms with Crippen LogP contribution < -0.4 is 10.1 Å². The first kappa shape index (κ1) is 14.7. The molecule has 2 aromatic rings. The van der Waals surface area contributed by atoms with Crippen LogP contribution in [0.3, 0.4) is 0 Å². The topological polar surface area (TPSA) is 43.4 Å². The molecule has 2 atom stereocenters. The van der Waals surface area contributed by atoms with E-state index in [2.05, 4.69) is 34.6 Å². The molecule has 1 aromatic carbocycles. The van der Waals surface area contributed by atoms with E-state index in [-0.39, 0.29) is 12.1 Å². The van der Waals surface area contributed by atoms with Crippen LogP contribution in [0.4, 0.5) is 0 Å². The minimum atomic E-state index is 0.113. The number of nitrogens with one attached hydrogen (secondary N) is 1. The Morgan fingerprint density at radius 2 is 1.83 bits per heavy atom. The first-order chi connectivity index (χ1) is 11.4. The molecule has 0 radical (unpaired) electrons. The molecule has 1 aliphatic heterocycles. The third-order valence-corrected chi connectivity index (χ3v) is 4.70. The number of hydrogen-bond donors (Lipinski definition) is 1. The lowest BCUT2D eigenvalue weighted by atomic mass is 10.0. The molecule has 2 aliphatic rings. The molecule has 23 heavy (non-hydrogen) atoms. The molecular weight excluding hydrogens is 288 g/mol. The largest absolute Gasteiger partial charge is 0.472 e. The minimum absolute atomic E-state index is 0.113. The third kappa shape index (κ3) is 3.38. The highest BCUT2D eigenvalue weighted by Gasteiger charge is 2.31. The maximum atomic E-state index is 6.10. The van der Waals surface area contributed by atoms with Crippen molar-refractivity contribution in [1.29, 1.82) is 0 Å². The molecule has 0 spiro atoms. The van der Waals surface area contributed by atoms with Crippen LogP contribution in [0, 0.1) is 0 Å². The van der Waals surface area contributed by atoms with Gasteiger partial charge < -0.3 is 14.8 Å². The van der Waals surface area contributed by atoms with Gasteiger partial charge in [0.25, 0.3) is 0 Å². The molecule has 0 unspecified atom stereocenters. The van der Waals surface area contributed by atoms with E-state index < -0.39 is 0 Å². The fourth-order valence-corrected chi connectivity index (χ4v) is 3.57. The Bertz CT molecular complexity index is 622. The predicted molar refractivity (Wildman–Crippen MR) is 88.7 cm³/mol. The van der Waals surface area contributed by atoms with Crippen LogP contribution in [-0.2, 0) is 17.6 Å². The van der Waals surface area contributed by atoms with E-state index in [1.807, 2.05) is 18.2 Å². The highest BCUT2D eigenvalue weighted by Crippen LogP contribution is 2.23. The van der Waals surface area contributed by atoms with Crippen molar-refractivity contribution in [1.82, 2.24) is 10.3 Å². The lowest BCUT2D eigenvalue weighted by molar-refractivity contribution is -0.00884. The Balaban J connectivity index is 1.41. The standard InChI is InChI=1S/C19H22N2O2/c1-2-6-15-12-16(11-14(15)5-1)21-17-13-22-10-8-18(17)23-19-7-3-4-9-20-19/h1-7,9,16-18,21H,8,10-13H2/t17-,18-/m1/s1. The van der Waals surface area contributed by atoms with Gasteiger partial charge in [-0.15, -0.1) is 0 Å². The summed E-state index contributed by atoms with van der Waals surface area (Å²) in [6.07, 6.45) is 4.95. The normalized spacial score (nSPS) is 24.3. The van der Waals surface area contributed by atoms with Crippen LogP contribution in [0.5, 0.6) is 5.88 Å². The van der Waals surface area contributed by atoms with E-state index in [1.54, 1.807) is 6.20 Å². The number of benzene rings is 1. The van der Waals surface area contributed by atoms with Crippen LogP contribution in [-0.4, -0.2) is 36.4 Å². The monoisotopic (exact) mass is 310 g/mol. The maximum absolute atomic E-state index is 6.10. The van der Waals surface area contributed by atoms with E-state index in [9.17, 15) is 0 Å². The molecule has 1 N–H and O–H groups in total. The molecule has 120 valence electrons. The summed E-state index contributed by atoms with van der Waals surface area (Å²) in [5, 5.41) is 3.76. The SMILES string of the molecule is c1ccc(O[C@@H]2CCOC[C@H]2NC2Cc3ccccc3C2)nc1. The van der Waals surface area contributed by atoms with Crippen molar-refractivity contribution in [3.05, 3.63) is 59.8 Å². The van der Waals surface area contributed by atoms with Crippen molar-refractivity contribution >= 4 is 0 Å². The van der Waals surface area contributed by atoms with Gasteiger partial charge in [0.05, 0.1) is 19.3 Å². The predicted octanol–water partition coefficient (Wildman–Crippen LogP) is 2.37. The Kier molecular flexibility index (Phi) is 4.26.